The van der Waals surface area contributed by atoms with Crippen molar-refractivity contribution in [1.29, 1.82) is 0 Å². The van der Waals surface area contributed by atoms with Crippen LogP contribution in [0.2, 0.25) is 5.02 Å². The maximum absolute atomic E-state index is 11.7. The Hall–Kier alpha value is -2.86. The minimum absolute atomic E-state index is 0.191. The Kier molecular flexibility index (Phi) is 6.08. The molecule has 7 heteroatoms. The second-order valence-electron chi connectivity index (χ2n) is 5.69. The average Bonchev–Trinajstić information content (AvgIpc) is 2.66. The van der Waals surface area contributed by atoms with Gasteiger partial charge in [-0.3, -0.25) is 4.79 Å². The zero-order chi connectivity index (χ0) is 19.2. The van der Waals surface area contributed by atoms with Crippen molar-refractivity contribution in [2.24, 2.45) is 0 Å². The fourth-order valence-electron chi connectivity index (χ4n) is 2.52. The van der Waals surface area contributed by atoms with Crippen molar-refractivity contribution >= 4 is 28.6 Å². The number of carbonyl (C=O) groups excluding carboxylic acids is 1. The van der Waals surface area contributed by atoms with Crippen molar-refractivity contribution in [2.45, 2.75) is 19.8 Å². The van der Waals surface area contributed by atoms with Crippen LogP contribution in [0.4, 0.5) is 0 Å². The van der Waals surface area contributed by atoms with Gasteiger partial charge in [0.1, 0.15) is 17.2 Å². The monoisotopic (exact) mass is 386 g/mol. The van der Waals surface area contributed by atoms with Gasteiger partial charge in [0.05, 0.1) is 31.2 Å². The molecule has 0 saturated heterocycles. The van der Waals surface area contributed by atoms with Crippen LogP contribution in [0.3, 0.4) is 0 Å². The summed E-state index contributed by atoms with van der Waals surface area (Å²) in [6.07, 6.45) is 0.541. The molecular formula is C20H19ClN2O4. The number of fused-ring (bicyclic) bond motifs is 1. The number of benzene rings is 2. The predicted octanol–water partition coefficient (Wildman–Crippen LogP) is 4.58. The lowest BCUT2D eigenvalue weighted by atomic mass is 10.2. The first-order valence-electron chi connectivity index (χ1n) is 8.52. The van der Waals surface area contributed by atoms with Crippen LogP contribution >= 0.6 is 11.6 Å². The van der Waals surface area contributed by atoms with E-state index in [0.717, 1.165) is 0 Å². The third-order valence-corrected chi connectivity index (χ3v) is 4.02. The highest BCUT2D eigenvalue weighted by molar-refractivity contribution is 6.31. The number of ether oxygens (including phenoxy) is 3. The Labute approximate surface area is 162 Å². The normalized spacial score (nSPS) is 10.6. The molecule has 0 spiro atoms. The second kappa shape index (κ2) is 8.68. The van der Waals surface area contributed by atoms with Crippen molar-refractivity contribution < 1.29 is 19.0 Å². The summed E-state index contributed by atoms with van der Waals surface area (Å²) < 4.78 is 16.2. The van der Waals surface area contributed by atoms with Crippen LogP contribution in [0.1, 0.15) is 19.0 Å². The Morgan fingerprint density at radius 3 is 2.67 bits per heavy atom. The van der Waals surface area contributed by atoms with Crippen LogP contribution in [-0.4, -0.2) is 29.7 Å². The SMILES string of the molecule is CCOC(=O)CCc1nc2ccc(Cl)cc2nc1Oc1cccc(OC)c1. The minimum Gasteiger partial charge on any atom is -0.497 e. The number of aromatic nitrogens is 2. The Bertz CT molecular complexity index is 962. The van der Waals surface area contributed by atoms with Crippen molar-refractivity contribution in [3.8, 4) is 17.4 Å². The summed E-state index contributed by atoms with van der Waals surface area (Å²) in [6, 6.07) is 12.4. The van der Waals surface area contributed by atoms with Gasteiger partial charge < -0.3 is 14.2 Å². The van der Waals surface area contributed by atoms with E-state index in [1.54, 1.807) is 44.4 Å². The van der Waals surface area contributed by atoms with Gasteiger partial charge in [0.25, 0.3) is 0 Å². The molecule has 1 heterocycles. The Morgan fingerprint density at radius 2 is 1.89 bits per heavy atom. The molecule has 140 valence electrons. The van der Waals surface area contributed by atoms with Crippen molar-refractivity contribution in [3.63, 3.8) is 0 Å². The van der Waals surface area contributed by atoms with Gasteiger partial charge in [-0.25, -0.2) is 9.97 Å². The van der Waals surface area contributed by atoms with E-state index < -0.39 is 0 Å². The first-order chi connectivity index (χ1) is 13.1. The Balaban J connectivity index is 1.95. The van der Waals surface area contributed by atoms with Crippen molar-refractivity contribution in [3.05, 3.63) is 53.2 Å². The van der Waals surface area contributed by atoms with Gasteiger partial charge in [-0.05, 0) is 37.3 Å². The summed E-state index contributed by atoms with van der Waals surface area (Å²) in [5.74, 6) is 1.25. The number of methoxy groups -OCH3 is 1. The molecule has 0 unspecified atom stereocenters. The van der Waals surface area contributed by atoms with Crippen LogP contribution in [0.25, 0.3) is 11.0 Å². The number of rotatable bonds is 7. The molecule has 27 heavy (non-hydrogen) atoms. The number of aryl methyl sites for hydroxylation is 1. The van der Waals surface area contributed by atoms with Gasteiger partial charge in [-0.1, -0.05) is 17.7 Å². The fourth-order valence-corrected chi connectivity index (χ4v) is 2.69. The second-order valence-corrected chi connectivity index (χ2v) is 6.13. The highest BCUT2D eigenvalue weighted by atomic mass is 35.5. The van der Waals surface area contributed by atoms with Crippen molar-refractivity contribution in [1.82, 2.24) is 9.97 Å². The van der Waals surface area contributed by atoms with Gasteiger partial charge in [-0.15, -0.1) is 0 Å². The quantitative estimate of drug-likeness (QED) is 0.553. The lowest BCUT2D eigenvalue weighted by Gasteiger charge is -2.12. The van der Waals surface area contributed by atoms with E-state index in [-0.39, 0.29) is 12.4 Å². The fraction of sp³-hybridized carbons (Fsp3) is 0.250. The largest absolute Gasteiger partial charge is 0.497 e. The lowest BCUT2D eigenvalue weighted by molar-refractivity contribution is -0.143. The van der Waals surface area contributed by atoms with Crippen LogP contribution in [-0.2, 0) is 16.0 Å². The molecule has 0 aliphatic heterocycles. The van der Waals surface area contributed by atoms with Gasteiger partial charge >= 0.3 is 5.97 Å². The molecule has 0 radical (unpaired) electrons. The summed E-state index contributed by atoms with van der Waals surface area (Å²) in [5.41, 5.74) is 1.86. The maximum atomic E-state index is 11.7. The van der Waals surface area contributed by atoms with E-state index in [0.29, 0.717) is 52.2 Å². The zero-order valence-corrected chi connectivity index (χ0v) is 15.8. The first kappa shape index (κ1) is 18.9. The Morgan fingerprint density at radius 1 is 1.07 bits per heavy atom. The predicted molar refractivity (Wildman–Crippen MR) is 103 cm³/mol. The van der Waals surface area contributed by atoms with E-state index in [4.69, 9.17) is 25.8 Å². The highest BCUT2D eigenvalue weighted by Gasteiger charge is 2.14. The van der Waals surface area contributed by atoms with Crippen LogP contribution in [0.15, 0.2) is 42.5 Å². The summed E-state index contributed by atoms with van der Waals surface area (Å²) in [7, 11) is 1.59. The van der Waals surface area contributed by atoms with Gasteiger partial charge in [0, 0.05) is 17.5 Å². The minimum atomic E-state index is -0.289. The van der Waals surface area contributed by atoms with Gasteiger partial charge in [0.2, 0.25) is 5.88 Å². The molecule has 0 fully saturated rings. The number of halogens is 1. The molecule has 1 aromatic heterocycles. The number of carbonyl (C=O) groups is 1. The number of nitrogens with zero attached hydrogens (tertiary/aromatic N) is 2. The number of hydrogen-bond donors (Lipinski definition) is 0. The molecule has 0 bridgehead atoms. The standard InChI is InChI=1S/C20H19ClN2O4/c1-3-26-19(24)10-9-17-20(27-15-6-4-5-14(12-15)25-2)23-18-11-13(21)7-8-16(18)22-17/h4-8,11-12H,3,9-10H2,1-2H3. The summed E-state index contributed by atoms with van der Waals surface area (Å²) >= 11 is 6.06. The van der Waals surface area contributed by atoms with E-state index in [9.17, 15) is 4.79 Å². The highest BCUT2D eigenvalue weighted by Crippen LogP contribution is 2.29. The van der Waals surface area contributed by atoms with E-state index >= 15 is 0 Å². The molecule has 0 aliphatic rings. The topological polar surface area (TPSA) is 70.5 Å². The molecule has 0 amide bonds. The molecule has 0 saturated carbocycles. The maximum Gasteiger partial charge on any atom is 0.306 e. The molecule has 0 aliphatic carbocycles. The summed E-state index contributed by atoms with van der Waals surface area (Å²) in [6.45, 7) is 2.11. The molecule has 2 aromatic carbocycles. The molecule has 6 nitrogen and oxygen atoms in total. The van der Waals surface area contributed by atoms with Gasteiger partial charge in [0.15, 0.2) is 0 Å². The van der Waals surface area contributed by atoms with E-state index in [1.807, 2.05) is 12.1 Å². The number of esters is 1. The zero-order valence-electron chi connectivity index (χ0n) is 15.1. The van der Waals surface area contributed by atoms with E-state index in [1.165, 1.54) is 0 Å². The molecule has 0 N–H and O–H groups in total. The smallest absolute Gasteiger partial charge is 0.306 e. The third kappa shape index (κ3) is 4.86. The number of hydrogen-bond acceptors (Lipinski definition) is 6. The van der Waals surface area contributed by atoms with Crippen molar-refractivity contribution in [2.75, 3.05) is 13.7 Å². The lowest BCUT2D eigenvalue weighted by Crippen LogP contribution is -2.07. The van der Waals surface area contributed by atoms with Crippen LogP contribution in [0, 0.1) is 0 Å². The third-order valence-electron chi connectivity index (χ3n) is 3.79. The molecule has 0 atom stereocenters. The van der Waals surface area contributed by atoms with Crippen LogP contribution in [0.5, 0.6) is 17.4 Å². The molecule has 3 rings (SSSR count). The average molecular weight is 387 g/mol. The van der Waals surface area contributed by atoms with Crippen LogP contribution < -0.4 is 9.47 Å². The first-order valence-corrected chi connectivity index (χ1v) is 8.90. The summed E-state index contributed by atoms with van der Waals surface area (Å²) in [4.78, 5) is 20.9. The molecular weight excluding hydrogens is 368 g/mol. The van der Waals surface area contributed by atoms with E-state index in [2.05, 4.69) is 9.97 Å². The summed E-state index contributed by atoms with van der Waals surface area (Å²) in [5, 5.41) is 0.559. The molecule has 3 aromatic rings. The van der Waals surface area contributed by atoms with Gasteiger partial charge in [-0.2, -0.15) is 0 Å².